The lowest BCUT2D eigenvalue weighted by molar-refractivity contribution is 0.629. The molecule has 1 aromatic heterocycles. The van der Waals surface area contributed by atoms with Crippen molar-refractivity contribution in [1.82, 2.24) is 4.98 Å². The van der Waals surface area contributed by atoms with Crippen LogP contribution >= 0.6 is 0 Å². The van der Waals surface area contributed by atoms with Crippen molar-refractivity contribution in [3.63, 3.8) is 0 Å². The molecule has 2 aromatic carbocycles. The number of nitrogens with one attached hydrogen (secondary N) is 1. The van der Waals surface area contributed by atoms with Crippen molar-refractivity contribution in [1.29, 1.82) is 0 Å². The van der Waals surface area contributed by atoms with Gasteiger partial charge < -0.3 is 4.98 Å². The number of pyridine rings is 1. The molecule has 0 aliphatic heterocycles. The molecule has 0 aliphatic rings. The quantitative estimate of drug-likeness (QED) is 0.572. The van der Waals surface area contributed by atoms with Gasteiger partial charge in [-0.15, -0.1) is 0 Å². The van der Waals surface area contributed by atoms with Crippen molar-refractivity contribution < 1.29 is 4.39 Å². The van der Waals surface area contributed by atoms with Crippen LogP contribution in [0.1, 0.15) is 0 Å². The van der Waals surface area contributed by atoms with Gasteiger partial charge in [-0.3, -0.25) is 4.79 Å². The lowest BCUT2D eigenvalue weighted by atomic mass is 10.1. The largest absolute Gasteiger partial charge is 0.321 e. The summed E-state index contributed by atoms with van der Waals surface area (Å²) in [6.45, 7) is 0. The standard InChI is InChI=1S/C13H8FNO/c14-8-5-6-12-11(7-8)9-3-1-2-4-10(9)13(16)15-12/h1-7H,(H,15,16). The number of hydrogen-bond donors (Lipinski definition) is 1. The van der Waals surface area contributed by atoms with Crippen molar-refractivity contribution >= 4 is 21.7 Å². The Balaban J connectivity index is 2.66. The summed E-state index contributed by atoms with van der Waals surface area (Å²) in [5.74, 6) is -0.301. The van der Waals surface area contributed by atoms with Crippen LogP contribution in [-0.2, 0) is 0 Å². The van der Waals surface area contributed by atoms with E-state index < -0.39 is 0 Å². The minimum Gasteiger partial charge on any atom is -0.321 e. The molecule has 3 heteroatoms. The number of hydrogen-bond acceptors (Lipinski definition) is 1. The maximum atomic E-state index is 13.2. The summed E-state index contributed by atoms with van der Waals surface area (Å²) in [7, 11) is 0. The average molecular weight is 213 g/mol. The second kappa shape index (κ2) is 3.17. The lowest BCUT2D eigenvalue weighted by Gasteiger charge is -2.02. The molecule has 0 aliphatic carbocycles. The van der Waals surface area contributed by atoms with Gasteiger partial charge in [0.2, 0.25) is 0 Å². The second-order valence-corrected chi connectivity index (χ2v) is 3.69. The highest BCUT2D eigenvalue weighted by atomic mass is 19.1. The average Bonchev–Trinajstić information content (AvgIpc) is 2.31. The maximum absolute atomic E-state index is 13.2. The molecule has 2 nitrogen and oxygen atoms in total. The van der Waals surface area contributed by atoms with Gasteiger partial charge >= 0.3 is 0 Å². The Morgan fingerprint density at radius 2 is 1.69 bits per heavy atom. The lowest BCUT2D eigenvalue weighted by Crippen LogP contribution is -2.06. The van der Waals surface area contributed by atoms with Crippen LogP contribution in [0.25, 0.3) is 21.7 Å². The van der Waals surface area contributed by atoms with Crippen molar-refractivity contribution in [3.8, 4) is 0 Å². The molecule has 0 radical (unpaired) electrons. The van der Waals surface area contributed by atoms with Crippen LogP contribution in [0.15, 0.2) is 47.3 Å². The highest BCUT2D eigenvalue weighted by Gasteiger charge is 2.04. The van der Waals surface area contributed by atoms with Crippen LogP contribution in [0.5, 0.6) is 0 Å². The number of H-pyrrole nitrogens is 1. The van der Waals surface area contributed by atoms with Gasteiger partial charge in [0.05, 0.1) is 0 Å². The van der Waals surface area contributed by atoms with E-state index in [1.54, 1.807) is 18.2 Å². The third-order valence-electron chi connectivity index (χ3n) is 2.69. The van der Waals surface area contributed by atoms with E-state index in [0.29, 0.717) is 10.9 Å². The van der Waals surface area contributed by atoms with Gasteiger partial charge in [-0.25, -0.2) is 4.39 Å². The van der Waals surface area contributed by atoms with Crippen LogP contribution < -0.4 is 5.56 Å². The Morgan fingerprint density at radius 3 is 2.50 bits per heavy atom. The molecule has 0 saturated carbocycles. The summed E-state index contributed by atoms with van der Waals surface area (Å²) in [6, 6.07) is 11.6. The van der Waals surface area contributed by atoms with Crippen LogP contribution in [0, 0.1) is 5.82 Å². The van der Waals surface area contributed by atoms with Crippen LogP contribution in [0.4, 0.5) is 4.39 Å². The fourth-order valence-corrected chi connectivity index (χ4v) is 1.95. The number of fused-ring (bicyclic) bond motifs is 3. The predicted octanol–water partition coefficient (Wildman–Crippen LogP) is 2.82. The molecular formula is C13H8FNO. The Morgan fingerprint density at radius 1 is 0.938 bits per heavy atom. The molecule has 78 valence electrons. The zero-order valence-electron chi connectivity index (χ0n) is 8.33. The minimum absolute atomic E-state index is 0.144. The fraction of sp³-hybridized carbons (Fsp3) is 0. The fourth-order valence-electron chi connectivity index (χ4n) is 1.95. The molecular weight excluding hydrogens is 205 g/mol. The van der Waals surface area contributed by atoms with Crippen LogP contribution in [-0.4, -0.2) is 4.98 Å². The molecule has 0 atom stereocenters. The molecule has 3 aromatic rings. The molecule has 1 N–H and O–H groups in total. The van der Waals surface area contributed by atoms with Gasteiger partial charge in [0, 0.05) is 16.3 Å². The Labute approximate surface area is 90.3 Å². The smallest absolute Gasteiger partial charge is 0.256 e. The van der Waals surface area contributed by atoms with Gasteiger partial charge in [0.15, 0.2) is 0 Å². The number of benzene rings is 2. The number of aromatic amines is 1. The first-order valence-electron chi connectivity index (χ1n) is 4.96. The maximum Gasteiger partial charge on any atom is 0.256 e. The van der Waals surface area contributed by atoms with Crippen molar-refractivity contribution in [2.24, 2.45) is 0 Å². The Kier molecular flexibility index (Phi) is 1.80. The molecule has 0 bridgehead atoms. The summed E-state index contributed by atoms with van der Waals surface area (Å²) in [4.78, 5) is 14.5. The summed E-state index contributed by atoms with van der Waals surface area (Å²) in [5, 5.41) is 2.09. The first kappa shape index (κ1) is 9.09. The normalized spacial score (nSPS) is 11.1. The zero-order chi connectivity index (χ0) is 11.1. The van der Waals surface area contributed by atoms with Gasteiger partial charge in [-0.2, -0.15) is 0 Å². The van der Waals surface area contributed by atoms with Crippen LogP contribution in [0.2, 0.25) is 0 Å². The van der Waals surface area contributed by atoms with E-state index in [9.17, 15) is 9.18 Å². The number of aromatic nitrogens is 1. The minimum atomic E-state index is -0.301. The van der Waals surface area contributed by atoms with E-state index in [2.05, 4.69) is 4.98 Å². The van der Waals surface area contributed by atoms with Crippen LogP contribution in [0.3, 0.4) is 0 Å². The summed E-state index contributed by atoms with van der Waals surface area (Å²) < 4.78 is 13.2. The predicted molar refractivity (Wildman–Crippen MR) is 62.0 cm³/mol. The van der Waals surface area contributed by atoms with E-state index in [0.717, 1.165) is 10.8 Å². The van der Waals surface area contributed by atoms with E-state index in [1.165, 1.54) is 12.1 Å². The number of halogens is 1. The van der Waals surface area contributed by atoms with Crippen molar-refractivity contribution in [2.45, 2.75) is 0 Å². The molecule has 0 unspecified atom stereocenters. The molecule has 1 heterocycles. The van der Waals surface area contributed by atoms with Gasteiger partial charge in [-0.05, 0) is 29.7 Å². The Hall–Kier alpha value is -2.16. The van der Waals surface area contributed by atoms with Crippen molar-refractivity contribution in [2.75, 3.05) is 0 Å². The molecule has 0 amide bonds. The van der Waals surface area contributed by atoms with Gasteiger partial charge in [0.25, 0.3) is 5.56 Å². The highest BCUT2D eigenvalue weighted by Crippen LogP contribution is 2.21. The summed E-state index contributed by atoms with van der Waals surface area (Å²) >= 11 is 0. The highest BCUT2D eigenvalue weighted by molar-refractivity contribution is 6.05. The van der Waals surface area contributed by atoms with E-state index >= 15 is 0 Å². The third kappa shape index (κ3) is 1.21. The summed E-state index contributed by atoms with van der Waals surface area (Å²) in [5.41, 5.74) is 0.514. The molecule has 16 heavy (non-hydrogen) atoms. The molecule has 0 fully saturated rings. The zero-order valence-corrected chi connectivity index (χ0v) is 8.33. The molecule has 0 spiro atoms. The van der Waals surface area contributed by atoms with Gasteiger partial charge in [-0.1, -0.05) is 18.2 Å². The first-order valence-corrected chi connectivity index (χ1v) is 4.96. The monoisotopic (exact) mass is 213 g/mol. The SMILES string of the molecule is O=c1[nH]c2ccc(F)cc2c2ccccc12. The third-order valence-corrected chi connectivity index (χ3v) is 2.69. The first-order chi connectivity index (χ1) is 7.75. The van der Waals surface area contributed by atoms with E-state index in [1.807, 2.05) is 12.1 Å². The topological polar surface area (TPSA) is 32.9 Å². The van der Waals surface area contributed by atoms with Crippen molar-refractivity contribution in [3.05, 3.63) is 58.6 Å². The van der Waals surface area contributed by atoms with E-state index in [-0.39, 0.29) is 11.4 Å². The Bertz CT molecular complexity index is 746. The number of rotatable bonds is 0. The molecule has 0 saturated heterocycles. The van der Waals surface area contributed by atoms with E-state index in [4.69, 9.17) is 0 Å². The van der Waals surface area contributed by atoms with Gasteiger partial charge in [0.1, 0.15) is 5.82 Å². The second-order valence-electron chi connectivity index (χ2n) is 3.69. The molecule has 3 rings (SSSR count). The summed E-state index contributed by atoms with van der Waals surface area (Å²) in [6.07, 6.45) is 0.